The Balaban J connectivity index is 1.82. The molecule has 0 spiro atoms. The number of benzene rings is 1. The number of piperidine rings is 1. The number of halogens is 3. The van der Waals surface area contributed by atoms with Gasteiger partial charge in [0.2, 0.25) is 0 Å². The lowest BCUT2D eigenvalue weighted by Gasteiger charge is -2.41. The standard InChI is InChI=1S/C17H22F3NO/c18-17(19,20)15-9-13-7-4-8-14(10-16(15)22)21(13)11-12-5-2-1-3-6-12/h1-3,5-6,13-16,22H,4,7-11H2. The summed E-state index contributed by atoms with van der Waals surface area (Å²) in [6.07, 6.45) is -2.70. The Labute approximate surface area is 128 Å². The first-order valence-corrected chi connectivity index (χ1v) is 7.99. The van der Waals surface area contributed by atoms with Crippen LogP contribution >= 0.6 is 0 Å². The van der Waals surface area contributed by atoms with Gasteiger partial charge < -0.3 is 5.11 Å². The summed E-state index contributed by atoms with van der Waals surface area (Å²) in [7, 11) is 0. The predicted molar refractivity (Wildman–Crippen MR) is 78.2 cm³/mol. The molecule has 0 radical (unpaired) electrons. The molecule has 2 saturated heterocycles. The first-order valence-electron chi connectivity index (χ1n) is 7.99. The highest BCUT2D eigenvalue weighted by atomic mass is 19.4. The van der Waals surface area contributed by atoms with Crippen molar-refractivity contribution in [3.8, 4) is 0 Å². The second-order valence-corrected chi connectivity index (χ2v) is 6.58. The fourth-order valence-corrected chi connectivity index (χ4v) is 4.02. The summed E-state index contributed by atoms with van der Waals surface area (Å²) in [5, 5.41) is 10.1. The molecule has 2 nitrogen and oxygen atoms in total. The molecule has 1 aromatic carbocycles. The van der Waals surface area contributed by atoms with Crippen molar-refractivity contribution in [2.45, 2.75) is 63.0 Å². The summed E-state index contributed by atoms with van der Waals surface area (Å²) in [4.78, 5) is 2.20. The molecule has 5 heteroatoms. The molecule has 2 fully saturated rings. The van der Waals surface area contributed by atoms with E-state index in [9.17, 15) is 18.3 Å². The monoisotopic (exact) mass is 313 g/mol. The van der Waals surface area contributed by atoms with Gasteiger partial charge in [-0.2, -0.15) is 13.2 Å². The van der Waals surface area contributed by atoms with Crippen LogP contribution < -0.4 is 0 Å². The molecule has 1 aromatic rings. The van der Waals surface area contributed by atoms with Crippen LogP contribution in [0.1, 0.15) is 37.7 Å². The quantitative estimate of drug-likeness (QED) is 0.899. The summed E-state index contributed by atoms with van der Waals surface area (Å²) in [5.41, 5.74) is 1.12. The third-order valence-corrected chi connectivity index (χ3v) is 5.15. The Hall–Kier alpha value is -1.07. The van der Waals surface area contributed by atoms with E-state index >= 15 is 0 Å². The number of nitrogens with zero attached hydrogens (tertiary/aromatic N) is 1. The van der Waals surface area contributed by atoms with Crippen molar-refractivity contribution in [2.24, 2.45) is 5.92 Å². The second kappa shape index (κ2) is 6.20. The largest absolute Gasteiger partial charge is 0.394 e. The third-order valence-electron chi connectivity index (χ3n) is 5.15. The highest BCUT2D eigenvalue weighted by Crippen LogP contribution is 2.42. The van der Waals surface area contributed by atoms with Crippen LogP contribution in [0.5, 0.6) is 0 Å². The van der Waals surface area contributed by atoms with Crippen LogP contribution in [0.4, 0.5) is 13.2 Å². The topological polar surface area (TPSA) is 23.5 Å². The molecule has 0 saturated carbocycles. The minimum Gasteiger partial charge on any atom is -0.392 e. The maximum absolute atomic E-state index is 13.2. The van der Waals surface area contributed by atoms with Gasteiger partial charge >= 0.3 is 6.18 Å². The number of hydrogen-bond donors (Lipinski definition) is 1. The normalized spacial score (nSPS) is 33.5. The van der Waals surface area contributed by atoms with Crippen LogP contribution in [0.2, 0.25) is 0 Å². The number of alkyl halides is 3. The van der Waals surface area contributed by atoms with Crippen molar-refractivity contribution in [1.82, 2.24) is 4.90 Å². The zero-order valence-corrected chi connectivity index (χ0v) is 12.5. The van der Waals surface area contributed by atoms with Crippen LogP contribution in [-0.4, -0.2) is 34.4 Å². The molecule has 2 aliphatic rings. The highest BCUT2D eigenvalue weighted by molar-refractivity contribution is 5.15. The smallest absolute Gasteiger partial charge is 0.392 e. The molecule has 2 heterocycles. The molecule has 22 heavy (non-hydrogen) atoms. The average molecular weight is 313 g/mol. The lowest BCUT2D eigenvalue weighted by atomic mass is 9.91. The minimum atomic E-state index is -4.31. The first-order chi connectivity index (χ1) is 10.4. The molecule has 0 aliphatic carbocycles. The highest BCUT2D eigenvalue weighted by Gasteiger charge is 2.50. The van der Waals surface area contributed by atoms with Gasteiger partial charge in [-0.3, -0.25) is 4.90 Å². The molecule has 122 valence electrons. The van der Waals surface area contributed by atoms with Gasteiger partial charge in [-0.05, 0) is 31.2 Å². The van der Waals surface area contributed by atoms with Crippen molar-refractivity contribution < 1.29 is 18.3 Å². The van der Waals surface area contributed by atoms with Crippen LogP contribution in [0.25, 0.3) is 0 Å². The number of hydrogen-bond acceptors (Lipinski definition) is 2. The molecular weight excluding hydrogens is 291 g/mol. The van der Waals surface area contributed by atoms with E-state index in [1.165, 1.54) is 0 Å². The Morgan fingerprint density at radius 1 is 1.05 bits per heavy atom. The number of fused-ring (bicyclic) bond motifs is 2. The lowest BCUT2D eigenvalue weighted by molar-refractivity contribution is -0.202. The van der Waals surface area contributed by atoms with Gasteiger partial charge in [0.1, 0.15) is 0 Å². The first kappa shape index (κ1) is 15.8. The summed E-state index contributed by atoms with van der Waals surface area (Å²) >= 11 is 0. The molecule has 0 amide bonds. The van der Waals surface area contributed by atoms with Gasteiger partial charge in [0, 0.05) is 18.6 Å². The maximum Gasteiger partial charge on any atom is 0.394 e. The predicted octanol–water partition coefficient (Wildman–Crippen LogP) is 3.74. The van der Waals surface area contributed by atoms with Crippen LogP contribution in [-0.2, 0) is 6.54 Å². The van der Waals surface area contributed by atoms with E-state index in [1.54, 1.807) is 0 Å². The summed E-state index contributed by atoms with van der Waals surface area (Å²) in [6, 6.07) is 9.85. The maximum atomic E-state index is 13.2. The van der Waals surface area contributed by atoms with Crippen LogP contribution in [0.3, 0.4) is 0 Å². The molecular formula is C17H22F3NO. The van der Waals surface area contributed by atoms with Gasteiger partial charge in [0.25, 0.3) is 0 Å². The average Bonchev–Trinajstić information content (AvgIpc) is 2.54. The van der Waals surface area contributed by atoms with Gasteiger partial charge in [0.15, 0.2) is 0 Å². The van der Waals surface area contributed by atoms with Crippen molar-refractivity contribution in [3.05, 3.63) is 35.9 Å². The molecule has 3 rings (SSSR count). The summed E-state index contributed by atoms with van der Waals surface area (Å²) < 4.78 is 39.6. The number of aliphatic hydroxyl groups is 1. The van der Waals surface area contributed by atoms with E-state index in [4.69, 9.17) is 0 Å². The summed E-state index contributed by atoms with van der Waals surface area (Å²) in [6.45, 7) is 0.674. The SMILES string of the molecule is OC1CC2CCCC(CC1C(F)(F)F)N2Cc1ccccc1. The molecule has 1 N–H and O–H groups in total. The van der Waals surface area contributed by atoms with E-state index in [0.29, 0.717) is 6.54 Å². The minimum absolute atomic E-state index is 0.0218. The van der Waals surface area contributed by atoms with E-state index in [0.717, 1.165) is 24.8 Å². The van der Waals surface area contributed by atoms with Crippen molar-refractivity contribution in [2.75, 3.05) is 0 Å². The van der Waals surface area contributed by atoms with E-state index in [-0.39, 0.29) is 24.9 Å². The molecule has 4 unspecified atom stereocenters. The van der Waals surface area contributed by atoms with Crippen molar-refractivity contribution >= 4 is 0 Å². The van der Waals surface area contributed by atoms with Gasteiger partial charge in [-0.25, -0.2) is 0 Å². The number of aliphatic hydroxyl groups excluding tert-OH is 1. The van der Waals surface area contributed by atoms with Crippen molar-refractivity contribution in [1.29, 1.82) is 0 Å². The fraction of sp³-hybridized carbons (Fsp3) is 0.647. The van der Waals surface area contributed by atoms with Gasteiger partial charge in [0.05, 0.1) is 12.0 Å². The Morgan fingerprint density at radius 2 is 1.68 bits per heavy atom. The van der Waals surface area contributed by atoms with Crippen LogP contribution in [0, 0.1) is 5.92 Å². The molecule has 4 atom stereocenters. The molecule has 2 bridgehead atoms. The van der Waals surface area contributed by atoms with Gasteiger partial charge in [-0.1, -0.05) is 36.8 Å². The zero-order chi connectivity index (χ0) is 15.7. The number of rotatable bonds is 2. The molecule has 2 aliphatic heterocycles. The van der Waals surface area contributed by atoms with Crippen LogP contribution in [0.15, 0.2) is 30.3 Å². The Kier molecular flexibility index (Phi) is 4.46. The fourth-order valence-electron chi connectivity index (χ4n) is 4.02. The van der Waals surface area contributed by atoms with E-state index in [2.05, 4.69) is 4.90 Å². The Bertz CT molecular complexity index is 490. The third kappa shape index (κ3) is 3.30. The van der Waals surface area contributed by atoms with E-state index in [1.807, 2.05) is 30.3 Å². The lowest BCUT2D eigenvalue weighted by Crippen LogP contribution is -2.45. The van der Waals surface area contributed by atoms with Crippen molar-refractivity contribution in [3.63, 3.8) is 0 Å². The summed E-state index contributed by atoms with van der Waals surface area (Å²) in [5.74, 6) is -1.58. The zero-order valence-electron chi connectivity index (χ0n) is 12.5. The van der Waals surface area contributed by atoms with E-state index < -0.39 is 18.2 Å². The Morgan fingerprint density at radius 3 is 2.32 bits per heavy atom. The second-order valence-electron chi connectivity index (χ2n) is 6.58. The molecule has 0 aromatic heterocycles. The van der Waals surface area contributed by atoms with Gasteiger partial charge in [-0.15, -0.1) is 0 Å².